The fourth-order valence-electron chi connectivity index (χ4n) is 7.14. The standard InChI is InChI=1S/C25H34N2O4/c1-3-14(2)23(29)26-17-8-9-25(30)19-12-16-6-7-18(28)21-20(16)24(25,22(17)31-21)10-11-27(19)13-15-4-5-15/h6-7,14-15,17,19,22,28,30H,3-5,8-13H2,1-2H3,(H,26,29)/t14?,17-,19-,22+,24+,25-/m1/s1. The van der Waals surface area contributed by atoms with Gasteiger partial charge in [-0.1, -0.05) is 19.9 Å². The molecule has 1 spiro atoms. The number of nitrogens with zero attached hydrogens (tertiary/aromatic N) is 1. The highest BCUT2D eigenvalue weighted by molar-refractivity contribution is 5.79. The number of amides is 1. The molecular weight excluding hydrogens is 392 g/mol. The largest absolute Gasteiger partial charge is 0.504 e. The van der Waals surface area contributed by atoms with Crippen molar-refractivity contribution in [2.75, 3.05) is 13.1 Å². The van der Waals surface area contributed by atoms with Gasteiger partial charge in [-0.15, -0.1) is 0 Å². The molecule has 6 rings (SSSR count). The predicted octanol–water partition coefficient (Wildman–Crippen LogP) is 2.49. The van der Waals surface area contributed by atoms with Crippen molar-refractivity contribution in [3.05, 3.63) is 23.3 Å². The van der Waals surface area contributed by atoms with Gasteiger partial charge in [0.05, 0.1) is 17.1 Å². The Hall–Kier alpha value is -1.79. The van der Waals surface area contributed by atoms with Gasteiger partial charge in [-0.05, 0) is 69.0 Å². The minimum Gasteiger partial charge on any atom is -0.504 e. The molecule has 1 amide bonds. The number of likely N-dealkylation sites (tertiary alicyclic amines) is 1. The summed E-state index contributed by atoms with van der Waals surface area (Å²) in [7, 11) is 0. The number of phenols is 1. The third-order valence-corrected chi connectivity index (χ3v) is 9.15. The molecule has 1 aromatic carbocycles. The molecule has 2 heterocycles. The first-order valence-corrected chi connectivity index (χ1v) is 12.2. The van der Waals surface area contributed by atoms with Gasteiger partial charge in [0, 0.05) is 24.1 Å². The van der Waals surface area contributed by atoms with Crippen LogP contribution in [0.5, 0.6) is 11.5 Å². The average Bonchev–Trinajstić information content (AvgIpc) is 3.49. The van der Waals surface area contributed by atoms with Gasteiger partial charge < -0.3 is 20.3 Å². The number of aromatic hydroxyl groups is 1. The van der Waals surface area contributed by atoms with Crippen molar-refractivity contribution in [1.29, 1.82) is 0 Å². The molecule has 31 heavy (non-hydrogen) atoms. The minimum absolute atomic E-state index is 0.0504. The summed E-state index contributed by atoms with van der Waals surface area (Å²) in [6.45, 7) is 5.98. The molecule has 1 unspecified atom stereocenters. The van der Waals surface area contributed by atoms with Crippen LogP contribution in [0.15, 0.2) is 12.1 Å². The minimum atomic E-state index is -0.894. The van der Waals surface area contributed by atoms with E-state index in [4.69, 9.17) is 4.74 Å². The molecule has 6 nitrogen and oxygen atoms in total. The van der Waals surface area contributed by atoms with E-state index in [2.05, 4.69) is 10.2 Å². The van der Waals surface area contributed by atoms with Crippen molar-refractivity contribution in [3.63, 3.8) is 0 Å². The number of aliphatic hydroxyl groups is 1. The topological polar surface area (TPSA) is 82.0 Å². The zero-order valence-electron chi connectivity index (χ0n) is 18.6. The van der Waals surface area contributed by atoms with E-state index in [0.29, 0.717) is 18.6 Å². The highest BCUT2D eigenvalue weighted by atomic mass is 16.5. The molecule has 6 atom stereocenters. The van der Waals surface area contributed by atoms with Crippen molar-refractivity contribution >= 4 is 5.91 Å². The molecule has 0 radical (unpaired) electrons. The Morgan fingerprint density at radius 2 is 2.13 bits per heavy atom. The van der Waals surface area contributed by atoms with Gasteiger partial charge in [0.25, 0.3) is 0 Å². The number of piperidine rings is 1. The van der Waals surface area contributed by atoms with Crippen LogP contribution in [0, 0.1) is 11.8 Å². The van der Waals surface area contributed by atoms with Crippen molar-refractivity contribution in [2.45, 2.75) is 88.0 Å². The number of hydrogen-bond acceptors (Lipinski definition) is 5. The first-order chi connectivity index (χ1) is 14.9. The molecule has 168 valence electrons. The molecule has 2 aliphatic heterocycles. The summed E-state index contributed by atoms with van der Waals surface area (Å²) in [6, 6.07) is 3.67. The number of rotatable bonds is 5. The molecule has 3 fully saturated rings. The lowest BCUT2D eigenvalue weighted by atomic mass is 9.48. The van der Waals surface area contributed by atoms with Crippen LogP contribution < -0.4 is 10.1 Å². The van der Waals surface area contributed by atoms with E-state index in [1.165, 1.54) is 18.4 Å². The second-order valence-electron chi connectivity index (χ2n) is 10.8. The van der Waals surface area contributed by atoms with Crippen LogP contribution in [-0.2, 0) is 16.6 Å². The summed E-state index contributed by atoms with van der Waals surface area (Å²) in [5.74, 6) is 1.47. The quantitative estimate of drug-likeness (QED) is 0.674. The normalized spacial score (nSPS) is 38.9. The number of carbonyl (C=O) groups excluding carboxylic acids is 1. The van der Waals surface area contributed by atoms with E-state index in [-0.39, 0.29) is 35.8 Å². The molecule has 3 N–H and O–H groups in total. The van der Waals surface area contributed by atoms with E-state index in [0.717, 1.165) is 43.8 Å². The van der Waals surface area contributed by atoms with Crippen LogP contribution in [0.4, 0.5) is 0 Å². The van der Waals surface area contributed by atoms with Crippen molar-refractivity contribution in [1.82, 2.24) is 10.2 Å². The van der Waals surface area contributed by atoms with E-state index < -0.39 is 11.0 Å². The lowest BCUT2D eigenvalue weighted by Crippen LogP contribution is -2.78. The second kappa shape index (κ2) is 6.61. The Kier molecular flexibility index (Phi) is 4.24. The molecule has 2 bridgehead atoms. The highest BCUT2D eigenvalue weighted by Crippen LogP contribution is 2.65. The van der Waals surface area contributed by atoms with Gasteiger partial charge >= 0.3 is 0 Å². The predicted molar refractivity (Wildman–Crippen MR) is 116 cm³/mol. The maximum Gasteiger partial charge on any atom is 0.223 e. The van der Waals surface area contributed by atoms with Crippen LogP contribution in [-0.4, -0.2) is 57.9 Å². The van der Waals surface area contributed by atoms with Crippen molar-refractivity contribution in [3.8, 4) is 11.5 Å². The Morgan fingerprint density at radius 1 is 1.32 bits per heavy atom. The fourth-order valence-corrected chi connectivity index (χ4v) is 7.14. The van der Waals surface area contributed by atoms with Crippen LogP contribution in [0.3, 0.4) is 0 Å². The van der Waals surface area contributed by atoms with Crippen molar-refractivity contribution in [2.24, 2.45) is 11.8 Å². The highest BCUT2D eigenvalue weighted by Gasteiger charge is 2.73. The van der Waals surface area contributed by atoms with E-state index >= 15 is 0 Å². The van der Waals surface area contributed by atoms with Gasteiger partial charge in [-0.3, -0.25) is 9.69 Å². The van der Waals surface area contributed by atoms with E-state index in [9.17, 15) is 15.0 Å². The van der Waals surface area contributed by atoms with Crippen molar-refractivity contribution < 1.29 is 19.7 Å². The molecule has 1 saturated heterocycles. The summed E-state index contributed by atoms with van der Waals surface area (Å²) in [5.41, 5.74) is 0.753. The number of nitrogens with one attached hydrogen (secondary N) is 1. The Labute approximate surface area is 184 Å². The maximum atomic E-state index is 12.8. The Bertz CT molecular complexity index is 930. The van der Waals surface area contributed by atoms with E-state index in [1.54, 1.807) is 6.07 Å². The zero-order valence-corrected chi connectivity index (χ0v) is 18.6. The fraction of sp³-hybridized carbons (Fsp3) is 0.720. The molecule has 1 aromatic rings. The summed E-state index contributed by atoms with van der Waals surface area (Å²) >= 11 is 0. The maximum absolute atomic E-state index is 12.8. The van der Waals surface area contributed by atoms with Crippen LogP contribution in [0.25, 0.3) is 0 Å². The smallest absolute Gasteiger partial charge is 0.223 e. The summed E-state index contributed by atoms with van der Waals surface area (Å²) in [4.78, 5) is 15.3. The molecule has 5 aliphatic rings. The van der Waals surface area contributed by atoms with Crippen LogP contribution in [0.1, 0.15) is 63.5 Å². The van der Waals surface area contributed by atoms with Gasteiger partial charge in [-0.25, -0.2) is 0 Å². The Balaban J connectivity index is 1.44. The summed E-state index contributed by atoms with van der Waals surface area (Å²) < 4.78 is 6.49. The van der Waals surface area contributed by atoms with Crippen LogP contribution >= 0.6 is 0 Å². The number of benzene rings is 1. The number of hydrogen-bond donors (Lipinski definition) is 3. The third-order valence-electron chi connectivity index (χ3n) is 9.15. The monoisotopic (exact) mass is 426 g/mol. The number of phenolic OH excluding ortho intramolecular Hbond substituents is 1. The SMILES string of the molecule is CCC(C)C(=O)N[C@@H]1CC[C@@]2(O)[C@H]3Cc4ccc(O)c5c4[C@@]2(CCN3CC2CC2)[C@H]1O5. The lowest BCUT2D eigenvalue weighted by molar-refractivity contribution is -0.192. The lowest BCUT2D eigenvalue weighted by Gasteiger charge is -2.64. The molecule has 6 heteroatoms. The first-order valence-electron chi connectivity index (χ1n) is 12.2. The third kappa shape index (κ3) is 2.55. The molecular formula is C25H34N2O4. The first kappa shape index (κ1) is 19.9. The van der Waals surface area contributed by atoms with Crippen LogP contribution in [0.2, 0.25) is 0 Å². The van der Waals surface area contributed by atoms with Gasteiger partial charge in [0.15, 0.2) is 11.5 Å². The Morgan fingerprint density at radius 3 is 2.87 bits per heavy atom. The summed E-state index contributed by atoms with van der Waals surface area (Å²) in [6.07, 6.45) is 6.01. The van der Waals surface area contributed by atoms with Gasteiger partial charge in [-0.2, -0.15) is 0 Å². The average molecular weight is 427 g/mol. The van der Waals surface area contributed by atoms with E-state index in [1.807, 2.05) is 19.9 Å². The zero-order chi connectivity index (χ0) is 21.5. The second-order valence-corrected chi connectivity index (χ2v) is 10.8. The number of ether oxygens (including phenoxy) is 1. The molecule has 2 saturated carbocycles. The molecule has 3 aliphatic carbocycles. The number of carbonyl (C=O) groups is 1. The van der Waals surface area contributed by atoms with Gasteiger partial charge in [0.2, 0.25) is 5.91 Å². The summed E-state index contributed by atoms with van der Waals surface area (Å²) in [5, 5.41) is 26.3. The van der Waals surface area contributed by atoms with Gasteiger partial charge in [0.1, 0.15) is 6.10 Å². The molecule has 0 aromatic heterocycles.